The van der Waals surface area contributed by atoms with Crippen LogP contribution in [0, 0.1) is 12.3 Å². The monoisotopic (exact) mass is 439 g/mol. The van der Waals surface area contributed by atoms with E-state index >= 15 is 0 Å². The van der Waals surface area contributed by atoms with Crippen LogP contribution in [-0.2, 0) is 6.42 Å². The number of benzene rings is 2. The van der Waals surface area contributed by atoms with Crippen LogP contribution in [0.1, 0.15) is 25.0 Å². The molecule has 0 atom stereocenters. The average molecular weight is 440 g/mol. The molecule has 0 aliphatic heterocycles. The van der Waals surface area contributed by atoms with Crippen molar-refractivity contribution in [2.24, 2.45) is 5.73 Å². The van der Waals surface area contributed by atoms with E-state index in [4.69, 9.17) is 17.0 Å². The summed E-state index contributed by atoms with van der Waals surface area (Å²) in [5, 5.41) is 15.4. The molecule has 0 radical (unpaired) electrons. The average Bonchev–Trinajstić information content (AvgIpc) is 3.14. The van der Waals surface area contributed by atoms with E-state index in [0.717, 1.165) is 57.4 Å². The summed E-state index contributed by atoms with van der Waals surface area (Å²) >= 11 is 6.22. The second kappa shape index (κ2) is 11.9. The Balaban J connectivity index is 0.000000630. The summed E-state index contributed by atoms with van der Waals surface area (Å²) in [5.41, 5.74) is 9.85. The van der Waals surface area contributed by atoms with Gasteiger partial charge in [0.1, 0.15) is 0 Å². The van der Waals surface area contributed by atoms with Crippen molar-refractivity contribution in [3.05, 3.63) is 58.9 Å². The number of nitrogens with one attached hydrogen (secondary N) is 4. The highest BCUT2D eigenvalue weighted by Crippen LogP contribution is 2.33. The second-order valence-electron chi connectivity index (χ2n) is 6.60. The van der Waals surface area contributed by atoms with Gasteiger partial charge < -0.3 is 21.4 Å². The van der Waals surface area contributed by atoms with Crippen LogP contribution in [0.3, 0.4) is 0 Å². The number of hydrogen-bond acceptors (Lipinski definition) is 5. The molecule has 31 heavy (non-hydrogen) atoms. The summed E-state index contributed by atoms with van der Waals surface area (Å²) < 4.78 is 0. The van der Waals surface area contributed by atoms with Gasteiger partial charge in [0, 0.05) is 44.9 Å². The van der Waals surface area contributed by atoms with E-state index < -0.39 is 0 Å². The van der Waals surface area contributed by atoms with Gasteiger partial charge in [0.15, 0.2) is 0 Å². The zero-order valence-electron chi connectivity index (χ0n) is 18.4. The highest BCUT2D eigenvalue weighted by Gasteiger charge is 2.11. The summed E-state index contributed by atoms with van der Waals surface area (Å²) in [6.45, 7) is 6.87. The van der Waals surface area contributed by atoms with E-state index in [2.05, 4.69) is 43.5 Å². The van der Waals surface area contributed by atoms with Crippen LogP contribution in [0.25, 0.3) is 21.8 Å². The zero-order chi connectivity index (χ0) is 22.8. The Morgan fingerprint density at radius 3 is 2.45 bits per heavy atom. The number of nitrogens with zero attached hydrogens (tertiary/aromatic N) is 2. The molecule has 0 fully saturated rings. The fraction of sp³-hybridized carbons (Fsp3) is 0.261. The minimum atomic E-state index is 0.590. The first kappa shape index (κ1) is 24.1. The molecule has 4 rings (SSSR count). The largest absolute Gasteiger partial charge is 0.390 e. The molecule has 0 amide bonds. The van der Waals surface area contributed by atoms with Gasteiger partial charge in [0.05, 0.1) is 6.34 Å². The number of aromatic nitrogens is 3. The van der Waals surface area contributed by atoms with Gasteiger partial charge in [0.25, 0.3) is 0 Å². The van der Waals surface area contributed by atoms with E-state index in [1.807, 2.05) is 46.0 Å². The van der Waals surface area contributed by atoms with Gasteiger partial charge in [-0.15, -0.1) is 0 Å². The number of aromatic amines is 1. The van der Waals surface area contributed by atoms with E-state index in [1.54, 1.807) is 12.4 Å². The predicted octanol–water partition coefficient (Wildman–Crippen LogP) is 5.16. The van der Waals surface area contributed by atoms with Gasteiger partial charge >= 0.3 is 0 Å². The minimum Gasteiger partial charge on any atom is -0.390 e. The van der Waals surface area contributed by atoms with Crippen LogP contribution < -0.4 is 16.4 Å². The first-order chi connectivity index (χ1) is 15.0. The summed E-state index contributed by atoms with van der Waals surface area (Å²) in [7, 11) is 1.96. The molecular formula is C23H30ClN7. The molecule has 0 saturated heterocycles. The maximum atomic E-state index is 6.22. The van der Waals surface area contributed by atoms with Crippen molar-refractivity contribution in [2.45, 2.75) is 27.2 Å². The zero-order valence-corrected chi connectivity index (χ0v) is 19.1. The molecule has 2 aromatic heterocycles. The summed E-state index contributed by atoms with van der Waals surface area (Å²) in [6.07, 6.45) is 5.28. The molecule has 4 aromatic rings. The van der Waals surface area contributed by atoms with Gasteiger partial charge in [-0.25, -0.2) is 9.97 Å². The normalized spacial score (nSPS) is 10.1. The Bertz CT molecular complexity index is 1120. The topological polar surface area (TPSA) is 115 Å². The lowest BCUT2D eigenvalue weighted by atomic mass is 10.0. The van der Waals surface area contributed by atoms with E-state index in [9.17, 15) is 0 Å². The SMILES string of the molecule is CC.CNCCc1cc(Nc2ncc(C)cn2)cc2c1[nH]c1ccc(Cl)cc12.N=CN. The van der Waals surface area contributed by atoms with Gasteiger partial charge in [-0.1, -0.05) is 25.4 Å². The highest BCUT2D eigenvalue weighted by molar-refractivity contribution is 6.31. The molecule has 6 N–H and O–H groups in total. The number of rotatable bonds is 5. The maximum absolute atomic E-state index is 6.22. The van der Waals surface area contributed by atoms with Crippen molar-refractivity contribution in [1.82, 2.24) is 20.3 Å². The van der Waals surface area contributed by atoms with E-state index in [1.165, 1.54) is 5.56 Å². The Labute approximate surface area is 187 Å². The van der Waals surface area contributed by atoms with E-state index in [0.29, 0.717) is 5.95 Å². The molecule has 0 unspecified atom stereocenters. The Kier molecular flexibility index (Phi) is 9.24. The standard InChI is InChI=1S/C20H20ClN5.C2H6.CH4N2/c1-12-10-23-20(24-11-12)25-15-7-13(5-6-22-2)19-17(9-15)16-8-14(21)3-4-18(16)26-19;1-2;2-1-3/h3-4,7-11,22,26H,5-6H2,1-2H3,(H,23,24,25);1-2H3;1H,(H3,2,3). The van der Waals surface area contributed by atoms with Crippen LogP contribution in [-0.4, -0.2) is 34.9 Å². The molecule has 0 saturated carbocycles. The summed E-state index contributed by atoms with van der Waals surface area (Å²) in [6, 6.07) is 10.2. The Morgan fingerprint density at radius 1 is 1.13 bits per heavy atom. The molecule has 2 heterocycles. The van der Waals surface area contributed by atoms with Crippen LogP contribution in [0.15, 0.2) is 42.7 Å². The molecule has 0 bridgehead atoms. The fourth-order valence-electron chi connectivity index (χ4n) is 3.16. The number of halogens is 1. The molecule has 0 aliphatic carbocycles. The maximum Gasteiger partial charge on any atom is 0.227 e. The molecule has 7 nitrogen and oxygen atoms in total. The van der Waals surface area contributed by atoms with Crippen molar-refractivity contribution in [3.63, 3.8) is 0 Å². The first-order valence-corrected chi connectivity index (χ1v) is 10.6. The van der Waals surface area contributed by atoms with Crippen molar-refractivity contribution in [1.29, 1.82) is 5.41 Å². The number of likely N-dealkylation sites (N-methyl/N-ethyl adjacent to an activating group) is 1. The molecule has 164 valence electrons. The molecule has 2 aromatic carbocycles. The fourth-order valence-corrected chi connectivity index (χ4v) is 3.33. The number of H-pyrrole nitrogens is 1. The third-order valence-electron chi connectivity index (χ3n) is 4.43. The molecule has 0 aliphatic rings. The summed E-state index contributed by atoms with van der Waals surface area (Å²) in [4.78, 5) is 12.2. The van der Waals surface area contributed by atoms with Gasteiger partial charge in [-0.2, -0.15) is 0 Å². The minimum absolute atomic E-state index is 0.590. The Morgan fingerprint density at radius 2 is 1.81 bits per heavy atom. The number of aryl methyl sites for hydroxylation is 1. The number of nitrogens with two attached hydrogens (primary N) is 1. The van der Waals surface area contributed by atoms with Crippen LogP contribution in [0.4, 0.5) is 11.6 Å². The van der Waals surface area contributed by atoms with Crippen LogP contribution in [0.2, 0.25) is 5.02 Å². The number of fused-ring (bicyclic) bond motifs is 3. The van der Waals surface area contributed by atoms with Gasteiger partial charge in [-0.3, -0.25) is 5.41 Å². The van der Waals surface area contributed by atoms with Crippen molar-refractivity contribution >= 4 is 51.4 Å². The highest BCUT2D eigenvalue weighted by atomic mass is 35.5. The van der Waals surface area contributed by atoms with Gasteiger partial charge in [0.2, 0.25) is 5.95 Å². The lowest BCUT2D eigenvalue weighted by Gasteiger charge is -2.09. The first-order valence-electron chi connectivity index (χ1n) is 10.2. The molecular weight excluding hydrogens is 410 g/mol. The quantitative estimate of drug-likeness (QED) is 0.217. The third-order valence-corrected chi connectivity index (χ3v) is 4.67. The molecule has 8 heteroatoms. The Hall–Kier alpha value is -3.16. The lowest BCUT2D eigenvalue weighted by Crippen LogP contribution is -2.10. The van der Waals surface area contributed by atoms with Crippen molar-refractivity contribution in [2.75, 3.05) is 18.9 Å². The molecule has 0 spiro atoms. The van der Waals surface area contributed by atoms with Crippen molar-refractivity contribution in [3.8, 4) is 0 Å². The lowest BCUT2D eigenvalue weighted by molar-refractivity contribution is 0.794. The third kappa shape index (κ3) is 6.16. The van der Waals surface area contributed by atoms with Crippen LogP contribution >= 0.6 is 11.6 Å². The van der Waals surface area contributed by atoms with Crippen molar-refractivity contribution < 1.29 is 0 Å². The number of anilines is 2. The van der Waals surface area contributed by atoms with Crippen LogP contribution in [0.5, 0.6) is 0 Å². The van der Waals surface area contributed by atoms with E-state index in [-0.39, 0.29) is 0 Å². The predicted molar refractivity (Wildman–Crippen MR) is 133 cm³/mol. The summed E-state index contributed by atoms with van der Waals surface area (Å²) in [5.74, 6) is 0.590. The number of hydrogen-bond donors (Lipinski definition) is 5. The second-order valence-corrected chi connectivity index (χ2v) is 7.04. The smallest absolute Gasteiger partial charge is 0.227 e. The van der Waals surface area contributed by atoms with Gasteiger partial charge in [-0.05, 0) is 68.4 Å².